The molecular formula is C16H25NO3S. The Bertz CT molecular complexity index is 453. The highest BCUT2D eigenvalue weighted by Gasteiger charge is 2.34. The van der Waals surface area contributed by atoms with E-state index in [2.05, 4.69) is 12.2 Å². The van der Waals surface area contributed by atoms with Crippen molar-refractivity contribution in [3.05, 3.63) is 24.3 Å². The molecule has 0 amide bonds. The minimum absolute atomic E-state index is 0.200. The number of nitrogens with one attached hydrogen (secondary N) is 1. The van der Waals surface area contributed by atoms with Gasteiger partial charge in [0.25, 0.3) is 0 Å². The van der Waals surface area contributed by atoms with Crippen LogP contribution >= 0.6 is 11.8 Å². The Morgan fingerprint density at radius 1 is 1.38 bits per heavy atom. The maximum absolute atomic E-state index is 12.2. The summed E-state index contributed by atoms with van der Waals surface area (Å²) in [7, 11) is 1.65. The van der Waals surface area contributed by atoms with Gasteiger partial charge in [0.2, 0.25) is 0 Å². The van der Waals surface area contributed by atoms with Crippen LogP contribution in [0.5, 0.6) is 5.75 Å². The number of methoxy groups -OCH3 is 1. The molecule has 1 atom stereocenters. The number of rotatable bonds is 9. The first-order chi connectivity index (χ1) is 10.1. The molecule has 1 aromatic carbocycles. The van der Waals surface area contributed by atoms with Crippen molar-refractivity contribution >= 4 is 17.7 Å². The van der Waals surface area contributed by atoms with Gasteiger partial charge in [-0.2, -0.15) is 0 Å². The fraction of sp³-hybridized carbons (Fsp3) is 0.562. The predicted molar refractivity (Wildman–Crippen MR) is 87.0 cm³/mol. The highest BCUT2D eigenvalue weighted by atomic mass is 32.2. The van der Waals surface area contributed by atoms with Crippen molar-refractivity contribution in [3.8, 4) is 5.75 Å². The maximum Gasteiger partial charge on any atom is 0.326 e. The summed E-state index contributed by atoms with van der Waals surface area (Å²) in [6.07, 6.45) is 0.971. The van der Waals surface area contributed by atoms with Crippen molar-refractivity contribution in [2.75, 3.05) is 26.0 Å². The van der Waals surface area contributed by atoms with Crippen molar-refractivity contribution in [1.29, 1.82) is 0 Å². The Labute approximate surface area is 131 Å². The molecule has 0 saturated heterocycles. The number of esters is 1. The second-order valence-corrected chi connectivity index (χ2v) is 6.00. The van der Waals surface area contributed by atoms with Crippen molar-refractivity contribution in [2.24, 2.45) is 0 Å². The molecular weight excluding hydrogens is 286 g/mol. The monoisotopic (exact) mass is 311 g/mol. The van der Waals surface area contributed by atoms with Crippen molar-refractivity contribution in [1.82, 2.24) is 5.32 Å². The third-order valence-corrected chi connectivity index (χ3v) is 4.37. The SMILES string of the molecule is CCCNC(C)(CSc1cccc(OC)c1)C(=O)OCC. The molecule has 1 unspecified atom stereocenters. The molecule has 118 valence electrons. The molecule has 0 aromatic heterocycles. The van der Waals surface area contributed by atoms with Crippen LogP contribution < -0.4 is 10.1 Å². The lowest BCUT2D eigenvalue weighted by molar-refractivity contribution is -0.149. The number of benzene rings is 1. The zero-order chi connectivity index (χ0) is 15.7. The number of hydrogen-bond donors (Lipinski definition) is 1. The molecule has 21 heavy (non-hydrogen) atoms. The summed E-state index contributed by atoms with van der Waals surface area (Å²) >= 11 is 1.62. The van der Waals surface area contributed by atoms with Crippen LogP contribution in [-0.4, -0.2) is 37.5 Å². The highest BCUT2D eigenvalue weighted by Crippen LogP contribution is 2.26. The lowest BCUT2D eigenvalue weighted by Crippen LogP contribution is -2.52. The number of hydrogen-bond acceptors (Lipinski definition) is 5. The average molecular weight is 311 g/mol. The first-order valence-corrected chi connectivity index (χ1v) is 8.23. The normalized spacial score (nSPS) is 13.5. The average Bonchev–Trinajstić information content (AvgIpc) is 2.51. The number of carbonyl (C=O) groups is 1. The van der Waals surface area contributed by atoms with Crippen LogP contribution in [0.3, 0.4) is 0 Å². The quantitative estimate of drug-likeness (QED) is 0.561. The molecule has 4 nitrogen and oxygen atoms in total. The van der Waals surface area contributed by atoms with E-state index in [0.717, 1.165) is 23.6 Å². The molecule has 0 aliphatic heterocycles. The molecule has 0 aliphatic carbocycles. The van der Waals surface area contributed by atoms with E-state index >= 15 is 0 Å². The smallest absolute Gasteiger partial charge is 0.326 e. The zero-order valence-electron chi connectivity index (χ0n) is 13.3. The first-order valence-electron chi connectivity index (χ1n) is 7.24. The topological polar surface area (TPSA) is 47.6 Å². The van der Waals surface area contributed by atoms with Crippen LogP contribution in [0.4, 0.5) is 0 Å². The van der Waals surface area contributed by atoms with Gasteiger partial charge in [-0.15, -0.1) is 11.8 Å². The molecule has 0 heterocycles. The van der Waals surface area contributed by atoms with Gasteiger partial charge in [0.1, 0.15) is 11.3 Å². The van der Waals surface area contributed by atoms with E-state index in [-0.39, 0.29) is 5.97 Å². The van der Waals surface area contributed by atoms with E-state index < -0.39 is 5.54 Å². The minimum Gasteiger partial charge on any atom is -0.497 e. The van der Waals surface area contributed by atoms with Crippen LogP contribution in [-0.2, 0) is 9.53 Å². The molecule has 0 radical (unpaired) electrons. The summed E-state index contributed by atoms with van der Waals surface area (Å²) in [6.45, 7) is 6.98. The van der Waals surface area contributed by atoms with Gasteiger partial charge < -0.3 is 14.8 Å². The van der Waals surface area contributed by atoms with Gasteiger partial charge in [-0.3, -0.25) is 4.79 Å². The molecule has 1 N–H and O–H groups in total. The van der Waals surface area contributed by atoms with Crippen molar-refractivity contribution < 1.29 is 14.3 Å². The van der Waals surface area contributed by atoms with Crippen LogP contribution in [0.2, 0.25) is 0 Å². The van der Waals surface area contributed by atoms with Crippen LogP contribution in [0.15, 0.2) is 29.2 Å². The molecule has 1 aromatic rings. The number of carbonyl (C=O) groups excluding carboxylic acids is 1. The Balaban J connectivity index is 2.73. The fourth-order valence-electron chi connectivity index (χ4n) is 1.79. The Morgan fingerprint density at radius 3 is 2.76 bits per heavy atom. The van der Waals surface area contributed by atoms with Gasteiger partial charge in [-0.1, -0.05) is 13.0 Å². The van der Waals surface area contributed by atoms with Crippen molar-refractivity contribution in [2.45, 2.75) is 37.6 Å². The van der Waals surface area contributed by atoms with Crippen LogP contribution in [0, 0.1) is 0 Å². The van der Waals surface area contributed by atoms with Gasteiger partial charge in [-0.05, 0) is 45.0 Å². The molecule has 5 heteroatoms. The molecule has 0 spiro atoms. The standard InChI is InChI=1S/C16H25NO3S/c1-5-10-17-16(3,15(18)20-6-2)12-21-14-9-7-8-13(11-14)19-4/h7-9,11,17H,5-6,10,12H2,1-4H3. The molecule has 0 fully saturated rings. The van der Waals surface area contributed by atoms with E-state index in [4.69, 9.17) is 9.47 Å². The van der Waals surface area contributed by atoms with Crippen molar-refractivity contribution in [3.63, 3.8) is 0 Å². The highest BCUT2D eigenvalue weighted by molar-refractivity contribution is 7.99. The first kappa shape index (κ1) is 17.9. The second-order valence-electron chi connectivity index (χ2n) is 4.95. The Morgan fingerprint density at radius 2 is 2.14 bits per heavy atom. The fourth-order valence-corrected chi connectivity index (χ4v) is 2.84. The summed E-state index contributed by atoms with van der Waals surface area (Å²) < 4.78 is 10.4. The molecule has 0 saturated carbocycles. The predicted octanol–water partition coefficient (Wildman–Crippen LogP) is 3.11. The van der Waals surface area contributed by atoms with E-state index in [1.165, 1.54) is 0 Å². The second kappa shape index (κ2) is 8.95. The van der Waals surface area contributed by atoms with Gasteiger partial charge in [0.15, 0.2) is 0 Å². The largest absolute Gasteiger partial charge is 0.497 e. The van der Waals surface area contributed by atoms with E-state index in [1.54, 1.807) is 18.9 Å². The molecule has 0 aliphatic rings. The maximum atomic E-state index is 12.2. The number of ether oxygens (including phenoxy) is 2. The Kier molecular flexibility index (Phi) is 7.61. The lowest BCUT2D eigenvalue weighted by atomic mass is 10.1. The number of thioether (sulfide) groups is 1. The van der Waals surface area contributed by atoms with Gasteiger partial charge in [0.05, 0.1) is 13.7 Å². The van der Waals surface area contributed by atoms with Gasteiger partial charge >= 0.3 is 5.97 Å². The van der Waals surface area contributed by atoms with E-state index in [9.17, 15) is 4.79 Å². The van der Waals surface area contributed by atoms with Gasteiger partial charge in [-0.25, -0.2) is 0 Å². The third-order valence-electron chi connectivity index (χ3n) is 3.06. The summed E-state index contributed by atoms with van der Waals surface area (Å²) in [5.74, 6) is 1.23. The summed E-state index contributed by atoms with van der Waals surface area (Å²) in [5.41, 5.74) is -0.681. The zero-order valence-corrected chi connectivity index (χ0v) is 14.1. The summed E-state index contributed by atoms with van der Waals surface area (Å²) in [6, 6.07) is 7.83. The lowest BCUT2D eigenvalue weighted by Gasteiger charge is -2.28. The van der Waals surface area contributed by atoms with Crippen LogP contribution in [0.25, 0.3) is 0 Å². The summed E-state index contributed by atoms with van der Waals surface area (Å²) in [4.78, 5) is 13.3. The Hall–Kier alpha value is -1.20. The van der Waals surface area contributed by atoms with E-state index in [0.29, 0.717) is 12.4 Å². The summed E-state index contributed by atoms with van der Waals surface area (Å²) in [5, 5.41) is 3.30. The van der Waals surface area contributed by atoms with Gasteiger partial charge in [0, 0.05) is 10.6 Å². The van der Waals surface area contributed by atoms with E-state index in [1.807, 2.05) is 38.1 Å². The molecule has 1 rings (SSSR count). The molecule has 0 bridgehead atoms. The minimum atomic E-state index is -0.681. The third kappa shape index (κ3) is 5.59. The van der Waals surface area contributed by atoms with Crippen LogP contribution in [0.1, 0.15) is 27.2 Å².